The fourth-order valence-corrected chi connectivity index (χ4v) is 2.16. The van der Waals surface area contributed by atoms with Gasteiger partial charge in [-0.1, -0.05) is 6.07 Å². The molecule has 0 saturated heterocycles. The first-order valence-corrected chi connectivity index (χ1v) is 5.89. The van der Waals surface area contributed by atoms with Gasteiger partial charge in [0.2, 0.25) is 0 Å². The molecular weight excluding hydrogens is 228 g/mol. The van der Waals surface area contributed by atoms with Crippen LogP contribution in [0.15, 0.2) is 41.0 Å². The van der Waals surface area contributed by atoms with Gasteiger partial charge in [0, 0.05) is 13.7 Å². The number of nitrogens with zero attached hydrogens (tertiary/aromatic N) is 2. The summed E-state index contributed by atoms with van der Waals surface area (Å²) >= 11 is 0. The second kappa shape index (κ2) is 4.31. The Labute approximate surface area is 104 Å². The number of hydrogen-bond acceptors (Lipinski definition) is 3. The van der Waals surface area contributed by atoms with E-state index < -0.39 is 0 Å². The van der Waals surface area contributed by atoms with Crippen molar-refractivity contribution in [3.05, 3.63) is 42.2 Å². The van der Waals surface area contributed by atoms with Crippen LogP contribution in [0.1, 0.15) is 5.56 Å². The van der Waals surface area contributed by atoms with Gasteiger partial charge in [0.25, 0.3) is 0 Å². The number of fused-ring (bicyclic) bond motifs is 1. The minimum atomic E-state index is 0.156. The smallest absolute Gasteiger partial charge is 0.176 e. The van der Waals surface area contributed by atoms with Gasteiger partial charge in [-0.15, -0.1) is 0 Å². The highest BCUT2D eigenvalue weighted by Crippen LogP contribution is 2.24. The SMILES string of the molecule is Cn1c(-c2ccco2)nc2cc(CCO)ccc21. The quantitative estimate of drug-likeness (QED) is 0.767. The topological polar surface area (TPSA) is 51.2 Å². The van der Waals surface area contributed by atoms with Crippen LogP contribution in [0.5, 0.6) is 0 Å². The van der Waals surface area contributed by atoms with Crippen LogP contribution in [0.2, 0.25) is 0 Å². The zero-order valence-corrected chi connectivity index (χ0v) is 10.1. The summed E-state index contributed by atoms with van der Waals surface area (Å²) in [7, 11) is 1.97. The van der Waals surface area contributed by atoms with E-state index in [0.29, 0.717) is 6.42 Å². The van der Waals surface area contributed by atoms with E-state index in [2.05, 4.69) is 4.98 Å². The maximum atomic E-state index is 8.96. The molecule has 18 heavy (non-hydrogen) atoms. The second-order valence-electron chi connectivity index (χ2n) is 4.27. The lowest BCUT2D eigenvalue weighted by Gasteiger charge is -2.00. The molecule has 4 heteroatoms. The van der Waals surface area contributed by atoms with Crippen LogP contribution < -0.4 is 0 Å². The van der Waals surface area contributed by atoms with Crippen LogP contribution in [0, 0.1) is 0 Å². The number of rotatable bonds is 3. The zero-order valence-electron chi connectivity index (χ0n) is 10.1. The molecule has 2 heterocycles. The molecule has 0 bridgehead atoms. The van der Waals surface area contributed by atoms with Crippen molar-refractivity contribution < 1.29 is 9.52 Å². The lowest BCUT2D eigenvalue weighted by molar-refractivity contribution is 0.299. The summed E-state index contributed by atoms with van der Waals surface area (Å²) in [5, 5.41) is 8.96. The third-order valence-electron chi connectivity index (χ3n) is 3.09. The average molecular weight is 242 g/mol. The number of aryl methyl sites for hydroxylation is 1. The Kier molecular flexibility index (Phi) is 2.64. The summed E-state index contributed by atoms with van der Waals surface area (Å²) in [6, 6.07) is 9.81. The Hall–Kier alpha value is -2.07. The van der Waals surface area contributed by atoms with Gasteiger partial charge < -0.3 is 14.1 Å². The van der Waals surface area contributed by atoms with E-state index in [-0.39, 0.29) is 6.61 Å². The van der Waals surface area contributed by atoms with Crippen LogP contribution in [0.25, 0.3) is 22.6 Å². The summed E-state index contributed by atoms with van der Waals surface area (Å²) < 4.78 is 7.40. The predicted octanol–water partition coefficient (Wildman–Crippen LogP) is 2.37. The molecule has 1 aromatic carbocycles. The molecule has 0 spiro atoms. The third kappa shape index (κ3) is 1.71. The maximum absolute atomic E-state index is 8.96. The van der Waals surface area contributed by atoms with Gasteiger partial charge in [0.05, 0.1) is 17.3 Å². The van der Waals surface area contributed by atoms with Gasteiger partial charge in [0.1, 0.15) is 0 Å². The standard InChI is InChI=1S/C14H14N2O2/c1-16-12-5-4-10(6-7-17)9-11(12)15-14(16)13-3-2-8-18-13/h2-5,8-9,17H,6-7H2,1H3. The number of furan rings is 1. The molecule has 92 valence electrons. The van der Waals surface area contributed by atoms with E-state index in [1.54, 1.807) is 6.26 Å². The molecule has 3 aromatic rings. The van der Waals surface area contributed by atoms with Crippen LogP contribution >= 0.6 is 0 Å². The summed E-state index contributed by atoms with van der Waals surface area (Å²) in [5.74, 6) is 1.58. The molecule has 0 atom stereocenters. The lowest BCUT2D eigenvalue weighted by atomic mass is 10.1. The Balaban J connectivity index is 2.15. The van der Waals surface area contributed by atoms with Gasteiger partial charge in [-0.3, -0.25) is 0 Å². The van der Waals surface area contributed by atoms with Crippen molar-refractivity contribution in [2.24, 2.45) is 7.05 Å². The van der Waals surface area contributed by atoms with E-state index >= 15 is 0 Å². The molecule has 0 aliphatic carbocycles. The molecule has 0 saturated carbocycles. The molecule has 2 aromatic heterocycles. The highest BCUT2D eigenvalue weighted by atomic mass is 16.3. The molecule has 3 rings (SSSR count). The fourth-order valence-electron chi connectivity index (χ4n) is 2.16. The molecule has 0 aliphatic heterocycles. The Morgan fingerprint density at radius 3 is 2.94 bits per heavy atom. The van der Waals surface area contributed by atoms with Crippen molar-refractivity contribution in [3.63, 3.8) is 0 Å². The molecule has 0 aliphatic rings. The number of imidazole rings is 1. The number of benzene rings is 1. The Morgan fingerprint density at radius 2 is 2.22 bits per heavy atom. The first kappa shape index (κ1) is 11.0. The minimum Gasteiger partial charge on any atom is -0.461 e. The van der Waals surface area contributed by atoms with E-state index in [4.69, 9.17) is 9.52 Å². The highest BCUT2D eigenvalue weighted by Gasteiger charge is 2.11. The number of aliphatic hydroxyl groups excluding tert-OH is 1. The van der Waals surface area contributed by atoms with Crippen LogP contribution in [-0.2, 0) is 13.5 Å². The van der Waals surface area contributed by atoms with E-state index in [0.717, 1.165) is 28.2 Å². The summed E-state index contributed by atoms with van der Waals surface area (Å²) in [4.78, 5) is 4.59. The van der Waals surface area contributed by atoms with Gasteiger partial charge in [0.15, 0.2) is 11.6 Å². The lowest BCUT2D eigenvalue weighted by Crippen LogP contribution is -1.92. The Morgan fingerprint density at radius 1 is 1.33 bits per heavy atom. The van der Waals surface area contributed by atoms with Gasteiger partial charge in [-0.05, 0) is 36.2 Å². The normalized spacial score (nSPS) is 11.2. The first-order chi connectivity index (χ1) is 8.79. The zero-order chi connectivity index (χ0) is 12.5. The molecular formula is C14H14N2O2. The predicted molar refractivity (Wildman–Crippen MR) is 69.2 cm³/mol. The molecule has 4 nitrogen and oxygen atoms in total. The van der Waals surface area contributed by atoms with Crippen molar-refractivity contribution in [2.75, 3.05) is 6.61 Å². The number of hydrogen-bond donors (Lipinski definition) is 1. The van der Waals surface area contributed by atoms with Crippen LogP contribution in [0.3, 0.4) is 0 Å². The van der Waals surface area contributed by atoms with Gasteiger partial charge >= 0.3 is 0 Å². The van der Waals surface area contributed by atoms with Crippen molar-refractivity contribution in [1.29, 1.82) is 0 Å². The summed E-state index contributed by atoms with van der Waals surface area (Å²) in [6.07, 6.45) is 2.30. The monoisotopic (exact) mass is 242 g/mol. The van der Waals surface area contributed by atoms with Crippen molar-refractivity contribution in [2.45, 2.75) is 6.42 Å². The van der Waals surface area contributed by atoms with E-state index in [1.165, 1.54) is 0 Å². The number of aliphatic hydroxyl groups is 1. The maximum Gasteiger partial charge on any atom is 0.176 e. The first-order valence-electron chi connectivity index (χ1n) is 5.89. The van der Waals surface area contributed by atoms with Crippen molar-refractivity contribution in [1.82, 2.24) is 9.55 Å². The third-order valence-corrected chi connectivity index (χ3v) is 3.09. The largest absolute Gasteiger partial charge is 0.461 e. The van der Waals surface area contributed by atoms with Gasteiger partial charge in [-0.2, -0.15) is 0 Å². The van der Waals surface area contributed by atoms with E-state index in [1.807, 2.05) is 41.9 Å². The average Bonchev–Trinajstić information content (AvgIpc) is 2.98. The molecule has 0 radical (unpaired) electrons. The van der Waals surface area contributed by atoms with Crippen LogP contribution in [0.4, 0.5) is 0 Å². The van der Waals surface area contributed by atoms with Crippen LogP contribution in [-0.4, -0.2) is 21.3 Å². The van der Waals surface area contributed by atoms with E-state index in [9.17, 15) is 0 Å². The highest BCUT2D eigenvalue weighted by molar-refractivity contribution is 5.80. The second-order valence-corrected chi connectivity index (χ2v) is 4.27. The van der Waals surface area contributed by atoms with Crippen molar-refractivity contribution >= 4 is 11.0 Å². The molecule has 0 fully saturated rings. The number of aromatic nitrogens is 2. The fraction of sp³-hybridized carbons (Fsp3) is 0.214. The Bertz CT molecular complexity index is 668. The molecule has 0 unspecified atom stereocenters. The molecule has 0 amide bonds. The molecule has 1 N–H and O–H groups in total. The minimum absolute atomic E-state index is 0.156. The summed E-state index contributed by atoms with van der Waals surface area (Å²) in [6.45, 7) is 0.156. The van der Waals surface area contributed by atoms with Crippen molar-refractivity contribution in [3.8, 4) is 11.6 Å². The summed E-state index contributed by atoms with van der Waals surface area (Å²) in [5.41, 5.74) is 3.08. The van der Waals surface area contributed by atoms with Gasteiger partial charge in [-0.25, -0.2) is 4.98 Å².